The molecule has 3 rings (SSSR count). The largest absolute Gasteiger partial charge is 0.479 e. The van der Waals surface area contributed by atoms with E-state index < -0.39 is 5.97 Å². The molecule has 0 aliphatic rings. The van der Waals surface area contributed by atoms with Gasteiger partial charge in [0.15, 0.2) is 0 Å². The molecule has 1 aromatic carbocycles. The first-order valence-electron chi connectivity index (χ1n) is 6.99. The topological polar surface area (TPSA) is 84.3 Å². The van der Waals surface area contributed by atoms with Crippen molar-refractivity contribution in [1.29, 1.82) is 0 Å². The number of carboxylic acid groups (broad SMARTS) is 1. The smallest absolute Gasteiger partial charge is 0.339 e. The number of methoxy groups -OCH3 is 1. The van der Waals surface area contributed by atoms with Gasteiger partial charge >= 0.3 is 5.97 Å². The molecule has 116 valence electrons. The second-order valence-electron chi connectivity index (χ2n) is 5.01. The van der Waals surface area contributed by atoms with Gasteiger partial charge in [-0.1, -0.05) is 18.2 Å². The number of benzene rings is 1. The molecule has 3 aromatic rings. The van der Waals surface area contributed by atoms with E-state index in [0.717, 1.165) is 11.3 Å². The highest BCUT2D eigenvalue weighted by atomic mass is 16.5. The lowest BCUT2D eigenvalue weighted by molar-refractivity contribution is 0.0697. The fourth-order valence-electron chi connectivity index (χ4n) is 2.39. The van der Waals surface area contributed by atoms with Crippen LogP contribution in [-0.2, 0) is 0 Å². The number of nitrogens with zero attached hydrogens (tertiary/aromatic N) is 2. The van der Waals surface area contributed by atoms with Gasteiger partial charge in [-0.05, 0) is 24.6 Å². The van der Waals surface area contributed by atoms with Crippen molar-refractivity contribution < 1.29 is 14.6 Å². The van der Waals surface area contributed by atoms with Crippen molar-refractivity contribution in [2.45, 2.75) is 6.92 Å². The van der Waals surface area contributed by atoms with Crippen molar-refractivity contribution in [1.82, 2.24) is 9.97 Å². The first kappa shape index (κ1) is 14.8. The number of aromatic carboxylic acids is 1. The van der Waals surface area contributed by atoms with E-state index in [-0.39, 0.29) is 5.56 Å². The van der Waals surface area contributed by atoms with Gasteiger partial charge in [-0.25, -0.2) is 14.8 Å². The summed E-state index contributed by atoms with van der Waals surface area (Å²) in [4.78, 5) is 19.9. The number of pyridine rings is 2. The number of rotatable bonds is 4. The molecule has 2 aromatic heterocycles. The summed E-state index contributed by atoms with van der Waals surface area (Å²) in [5.41, 5.74) is 2.91. The number of hydrogen-bond acceptors (Lipinski definition) is 5. The van der Waals surface area contributed by atoms with Gasteiger partial charge in [-0.2, -0.15) is 0 Å². The molecule has 0 bridgehead atoms. The molecule has 0 aliphatic carbocycles. The Bertz CT molecular complexity index is 893. The van der Waals surface area contributed by atoms with Crippen LogP contribution in [-0.4, -0.2) is 28.2 Å². The third-order valence-electron chi connectivity index (χ3n) is 3.58. The molecule has 0 aliphatic heterocycles. The molecule has 6 heteroatoms. The van der Waals surface area contributed by atoms with Crippen molar-refractivity contribution in [2.24, 2.45) is 0 Å². The van der Waals surface area contributed by atoms with E-state index in [2.05, 4.69) is 15.3 Å². The van der Waals surface area contributed by atoms with Crippen molar-refractivity contribution in [3.05, 3.63) is 53.9 Å². The third kappa shape index (κ3) is 2.66. The van der Waals surface area contributed by atoms with E-state index in [0.29, 0.717) is 22.5 Å². The zero-order chi connectivity index (χ0) is 16.4. The predicted molar refractivity (Wildman–Crippen MR) is 87.5 cm³/mol. The highest BCUT2D eigenvalue weighted by molar-refractivity contribution is 6.06. The molecular weight excluding hydrogens is 294 g/mol. The first-order chi connectivity index (χ1) is 11.1. The molecular formula is C17H15N3O3. The highest BCUT2D eigenvalue weighted by Gasteiger charge is 2.17. The number of fused-ring (bicyclic) bond motifs is 1. The number of aryl methyl sites for hydroxylation is 1. The minimum atomic E-state index is -1.05. The average molecular weight is 309 g/mol. The number of para-hydroxylation sites is 1. The Labute approximate surface area is 132 Å². The minimum Gasteiger partial charge on any atom is -0.479 e. The van der Waals surface area contributed by atoms with Crippen LogP contribution in [0.4, 0.5) is 11.4 Å². The van der Waals surface area contributed by atoms with Gasteiger partial charge in [0, 0.05) is 23.5 Å². The number of carboxylic acids is 1. The van der Waals surface area contributed by atoms with Crippen molar-refractivity contribution in [3.63, 3.8) is 0 Å². The first-order valence-corrected chi connectivity index (χ1v) is 6.99. The molecule has 6 nitrogen and oxygen atoms in total. The summed E-state index contributed by atoms with van der Waals surface area (Å²) in [5, 5.41) is 13.3. The van der Waals surface area contributed by atoms with E-state index in [1.54, 1.807) is 12.3 Å². The number of anilines is 2. The maximum atomic E-state index is 11.6. The van der Waals surface area contributed by atoms with Gasteiger partial charge < -0.3 is 15.2 Å². The van der Waals surface area contributed by atoms with Crippen LogP contribution >= 0.6 is 0 Å². The molecule has 2 heterocycles. The third-order valence-corrected chi connectivity index (χ3v) is 3.58. The maximum absolute atomic E-state index is 11.6. The lowest BCUT2D eigenvalue weighted by atomic mass is 10.1. The van der Waals surface area contributed by atoms with Gasteiger partial charge in [0.05, 0.1) is 12.8 Å². The van der Waals surface area contributed by atoms with Gasteiger partial charge in [-0.3, -0.25) is 0 Å². The monoisotopic (exact) mass is 309 g/mol. The Kier molecular flexibility index (Phi) is 3.80. The molecule has 2 N–H and O–H groups in total. The molecule has 0 atom stereocenters. The number of hydrogen-bond donors (Lipinski definition) is 2. The van der Waals surface area contributed by atoms with E-state index in [1.165, 1.54) is 13.3 Å². The quantitative estimate of drug-likeness (QED) is 0.768. The van der Waals surface area contributed by atoms with Gasteiger partial charge in [0.1, 0.15) is 11.1 Å². The van der Waals surface area contributed by atoms with Crippen molar-refractivity contribution in [2.75, 3.05) is 12.4 Å². The number of ether oxygens (including phenoxy) is 1. The molecule has 0 radical (unpaired) electrons. The Morgan fingerprint density at radius 2 is 2.00 bits per heavy atom. The molecule has 0 amide bonds. The summed E-state index contributed by atoms with van der Waals surface area (Å²) in [6.07, 6.45) is 2.88. The van der Waals surface area contributed by atoms with Crippen molar-refractivity contribution in [3.8, 4) is 5.88 Å². The Morgan fingerprint density at radius 1 is 1.22 bits per heavy atom. The lowest BCUT2D eigenvalue weighted by Crippen LogP contribution is -2.06. The Morgan fingerprint density at radius 3 is 2.70 bits per heavy atom. The van der Waals surface area contributed by atoms with Crippen LogP contribution in [0.2, 0.25) is 0 Å². The molecule has 0 spiro atoms. The second kappa shape index (κ2) is 5.92. The van der Waals surface area contributed by atoms with Crippen LogP contribution in [0.1, 0.15) is 15.9 Å². The Hall–Kier alpha value is -3.15. The predicted octanol–water partition coefficient (Wildman–Crippen LogP) is 3.39. The SMILES string of the molecule is COc1nccc2c(Nc3ccccc3C)c(C(=O)O)cnc12. The summed E-state index contributed by atoms with van der Waals surface area (Å²) >= 11 is 0. The number of nitrogens with one attached hydrogen (secondary N) is 1. The van der Waals surface area contributed by atoms with E-state index in [4.69, 9.17) is 4.74 Å². The van der Waals surface area contributed by atoms with Crippen LogP contribution in [0.3, 0.4) is 0 Å². The zero-order valence-electron chi connectivity index (χ0n) is 12.7. The molecule has 0 saturated carbocycles. The van der Waals surface area contributed by atoms with Crippen LogP contribution in [0, 0.1) is 6.92 Å². The van der Waals surface area contributed by atoms with Crippen LogP contribution < -0.4 is 10.1 Å². The Balaban J connectivity index is 2.25. The van der Waals surface area contributed by atoms with Gasteiger partial charge in [-0.15, -0.1) is 0 Å². The summed E-state index contributed by atoms with van der Waals surface area (Å²) < 4.78 is 5.21. The summed E-state index contributed by atoms with van der Waals surface area (Å²) in [7, 11) is 1.50. The fourth-order valence-corrected chi connectivity index (χ4v) is 2.39. The highest BCUT2D eigenvalue weighted by Crippen LogP contribution is 2.33. The second-order valence-corrected chi connectivity index (χ2v) is 5.01. The maximum Gasteiger partial charge on any atom is 0.339 e. The molecule has 0 unspecified atom stereocenters. The molecule has 23 heavy (non-hydrogen) atoms. The average Bonchev–Trinajstić information content (AvgIpc) is 2.56. The number of aromatic nitrogens is 2. The molecule has 0 fully saturated rings. The summed E-state index contributed by atoms with van der Waals surface area (Å²) in [6, 6.07) is 9.38. The summed E-state index contributed by atoms with van der Waals surface area (Å²) in [5.74, 6) is -0.696. The normalized spacial score (nSPS) is 10.5. The zero-order valence-corrected chi connectivity index (χ0v) is 12.7. The van der Waals surface area contributed by atoms with E-state index in [1.807, 2.05) is 31.2 Å². The lowest BCUT2D eigenvalue weighted by Gasteiger charge is -2.15. The van der Waals surface area contributed by atoms with Gasteiger partial charge in [0.2, 0.25) is 5.88 Å². The van der Waals surface area contributed by atoms with Crippen LogP contribution in [0.5, 0.6) is 5.88 Å². The number of carbonyl (C=O) groups is 1. The standard InChI is InChI=1S/C17H15N3O3/c1-10-5-3-4-6-13(10)20-14-11-7-8-18-16(23-2)15(11)19-9-12(14)17(21)22/h3-9H,1-2H3,(H,19,20)(H,21,22). The summed E-state index contributed by atoms with van der Waals surface area (Å²) in [6.45, 7) is 1.95. The van der Waals surface area contributed by atoms with E-state index in [9.17, 15) is 9.90 Å². The van der Waals surface area contributed by atoms with Crippen molar-refractivity contribution >= 4 is 28.2 Å². The fraction of sp³-hybridized carbons (Fsp3) is 0.118. The van der Waals surface area contributed by atoms with Crippen LogP contribution in [0.25, 0.3) is 10.9 Å². The van der Waals surface area contributed by atoms with E-state index >= 15 is 0 Å². The minimum absolute atomic E-state index is 0.0917. The van der Waals surface area contributed by atoms with Crippen LogP contribution in [0.15, 0.2) is 42.7 Å². The molecule has 0 saturated heterocycles. The van der Waals surface area contributed by atoms with Gasteiger partial charge in [0.25, 0.3) is 0 Å².